The third-order valence-corrected chi connectivity index (χ3v) is 4.54. The molecule has 1 fully saturated rings. The standard InChI is InChI=1S/C21H26N4O3/c1-2-28-21-18(7-6-12-22-21)20(27)24-17-10-8-16(9-11-17)23-19(26)15-25-13-4-3-5-14-25/h6-12H,2-5,13-15H2,1H3,(H,23,26)(H,24,27). The lowest BCUT2D eigenvalue weighted by Gasteiger charge is -2.25. The van der Waals surface area contributed by atoms with Gasteiger partial charge in [-0.3, -0.25) is 14.5 Å². The molecule has 2 heterocycles. The quantitative estimate of drug-likeness (QED) is 0.769. The maximum absolute atomic E-state index is 12.5. The minimum atomic E-state index is -0.293. The second kappa shape index (κ2) is 9.85. The predicted molar refractivity (Wildman–Crippen MR) is 109 cm³/mol. The predicted octanol–water partition coefficient (Wildman–Crippen LogP) is 3.16. The molecule has 2 aromatic rings. The Bertz CT molecular complexity index is 802. The average Bonchev–Trinajstić information content (AvgIpc) is 2.71. The minimum Gasteiger partial charge on any atom is -0.477 e. The van der Waals surface area contributed by atoms with Crippen molar-refractivity contribution in [1.29, 1.82) is 0 Å². The number of amides is 2. The van der Waals surface area contributed by atoms with Gasteiger partial charge in [-0.15, -0.1) is 0 Å². The van der Waals surface area contributed by atoms with Gasteiger partial charge in [-0.05, 0) is 69.3 Å². The Hall–Kier alpha value is -2.93. The number of aromatic nitrogens is 1. The number of pyridine rings is 1. The Morgan fingerprint density at radius 1 is 1.04 bits per heavy atom. The second-order valence-electron chi connectivity index (χ2n) is 6.71. The Balaban J connectivity index is 1.55. The van der Waals surface area contributed by atoms with Crippen molar-refractivity contribution in [1.82, 2.24) is 9.88 Å². The molecular weight excluding hydrogens is 356 g/mol. The molecular formula is C21H26N4O3. The monoisotopic (exact) mass is 382 g/mol. The van der Waals surface area contributed by atoms with Crippen LogP contribution in [-0.4, -0.2) is 47.9 Å². The molecule has 0 saturated carbocycles. The van der Waals surface area contributed by atoms with Crippen molar-refractivity contribution in [3.63, 3.8) is 0 Å². The Labute approximate surface area is 165 Å². The molecule has 7 heteroatoms. The molecule has 0 aliphatic carbocycles. The maximum Gasteiger partial charge on any atom is 0.261 e. The topological polar surface area (TPSA) is 83.6 Å². The molecule has 0 radical (unpaired) electrons. The van der Waals surface area contributed by atoms with Crippen LogP contribution in [0.4, 0.5) is 11.4 Å². The number of hydrogen-bond donors (Lipinski definition) is 2. The number of piperidine rings is 1. The van der Waals surface area contributed by atoms with Crippen molar-refractivity contribution in [3.05, 3.63) is 48.2 Å². The van der Waals surface area contributed by atoms with E-state index in [1.165, 1.54) is 6.42 Å². The summed E-state index contributed by atoms with van der Waals surface area (Å²) >= 11 is 0. The molecule has 0 unspecified atom stereocenters. The first-order valence-electron chi connectivity index (χ1n) is 9.67. The van der Waals surface area contributed by atoms with Gasteiger partial charge in [-0.1, -0.05) is 6.42 Å². The fraction of sp³-hybridized carbons (Fsp3) is 0.381. The van der Waals surface area contributed by atoms with Gasteiger partial charge in [-0.25, -0.2) is 4.98 Å². The molecule has 0 bridgehead atoms. The Morgan fingerprint density at radius 3 is 2.39 bits per heavy atom. The summed E-state index contributed by atoms with van der Waals surface area (Å²) < 4.78 is 5.40. The third kappa shape index (κ3) is 5.53. The molecule has 1 aliphatic rings. The van der Waals surface area contributed by atoms with E-state index in [4.69, 9.17) is 4.74 Å². The number of carbonyl (C=O) groups excluding carboxylic acids is 2. The third-order valence-electron chi connectivity index (χ3n) is 4.54. The van der Waals surface area contributed by atoms with Gasteiger partial charge >= 0.3 is 0 Å². The minimum absolute atomic E-state index is 0.0181. The molecule has 0 atom stereocenters. The summed E-state index contributed by atoms with van der Waals surface area (Å²) in [6.07, 6.45) is 5.15. The van der Waals surface area contributed by atoms with Crippen LogP contribution >= 0.6 is 0 Å². The summed E-state index contributed by atoms with van der Waals surface area (Å²) in [6, 6.07) is 10.4. The zero-order valence-electron chi connectivity index (χ0n) is 16.1. The molecule has 3 rings (SSSR count). The average molecular weight is 382 g/mol. The number of benzene rings is 1. The number of anilines is 2. The van der Waals surface area contributed by atoms with Crippen LogP contribution in [0, 0.1) is 0 Å². The molecule has 0 spiro atoms. The van der Waals surface area contributed by atoms with Crippen LogP contribution in [0.5, 0.6) is 5.88 Å². The normalized spacial score (nSPS) is 14.3. The van der Waals surface area contributed by atoms with E-state index in [-0.39, 0.29) is 11.8 Å². The van der Waals surface area contributed by atoms with Crippen molar-refractivity contribution in [2.24, 2.45) is 0 Å². The molecule has 2 N–H and O–H groups in total. The first kappa shape index (κ1) is 19.8. The van der Waals surface area contributed by atoms with Crippen molar-refractivity contribution >= 4 is 23.2 Å². The number of ether oxygens (including phenoxy) is 1. The van der Waals surface area contributed by atoms with Gasteiger partial charge in [0.05, 0.1) is 13.2 Å². The fourth-order valence-electron chi connectivity index (χ4n) is 3.17. The van der Waals surface area contributed by atoms with Crippen molar-refractivity contribution in [3.8, 4) is 5.88 Å². The van der Waals surface area contributed by atoms with Gasteiger partial charge in [0.1, 0.15) is 5.56 Å². The van der Waals surface area contributed by atoms with E-state index in [9.17, 15) is 9.59 Å². The zero-order chi connectivity index (χ0) is 19.8. The number of hydrogen-bond acceptors (Lipinski definition) is 5. The summed E-state index contributed by atoms with van der Waals surface area (Å²) in [7, 11) is 0. The lowest BCUT2D eigenvalue weighted by Crippen LogP contribution is -2.36. The van der Waals surface area contributed by atoms with E-state index in [1.807, 2.05) is 6.92 Å². The molecule has 1 aromatic carbocycles. The highest BCUT2D eigenvalue weighted by molar-refractivity contribution is 6.06. The number of carbonyl (C=O) groups is 2. The van der Waals surface area contributed by atoms with Crippen LogP contribution in [0.1, 0.15) is 36.5 Å². The first-order valence-corrected chi connectivity index (χ1v) is 9.67. The lowest BCUT2D eigenvalue weighted by molar-refractivity contribution is -0.117. The molecule has 1 aromatic heterocycles. The molecule has 7 nitrogen and oxygen atoms in total. The van der Waals surface area contributed by atoms with Crippen LogP contribution in [0.25, 0.3) is 0 Å². The number of likely N-dealkylation sites (tertiary alicyclic amines) is 1. The summed E-state index contributed by atoms with van der Waals surface area (Å²) in [5.74, 6) is -0.00191. The largest absolute Gasteiger partial charge is 0.477 e. The van der Waals surface area contributed by atoms with Gasteiger partial charge in [0.25, 0.3) is 5.91 Å². The molecule has 2 amide bonds. The van der Waals surface area contributed by atoms with Crippen LogP contribution in [-0.2, 0) is 4.79 Å². The molecule has 148 valence electrons. The van der Waals surface area contributed by atoms with Crippen molar-refractivity contribution in [2.45, 2.75) is 26.2 Å². The van der Waals surface area contributed by atoms with Gasteiger partial charge in [0.2, 0.25) is 11.8 Å². The summed E-state index contributed by atoms with van der Waals surface area (Å²) in [4.78, 5) is 30.9. The molecule has 1 aliphatic heterocycles. The van der Waals surface area contributed by atoms with Gasteiger partial charge in [-0.2, -0.15) is 0 Å². The van der Waals surface area contributed by atoms with Gasteiger partial charge in [0, 0.05) is 17.6 Å². The summed E-state index contributed by atoms with van der Waals surface area (Å²) in [5, 5.41) is 5.73. The van der Waals surface area contributed by atoms with Crippen LogP contribution in [0.15, 0.2) is 42.6 Å². The van der Waals surface area contributed by atoms with Gasteiger partial charge in [0.15, 0.2) is 0 Å². The highest BCUT2D eigenvalue weighted by atomic mass is 16.5. The van der Waals surface area contributed by atoms with E-state index in [0.29, 0.717) is 36.0 Å². The number of nitrogens with one attached hydrogen (secondary N) is 2. The highest BCUT2D eigenvalue weighted by Gasteiger charge is 2.15. The summed E-state index contributed by atoms with van der Waals surface area (Å²) in [5.41, 5.74) is 1.71. The number of rotatable bonds is 7. The molecule has 1 saturated heterocycles. The van der Waals surface area contributed by atoms with E-state index < -0.39 is 0 Å². The van der Waals surface area contributed by atoms with E-state index >= 15 is 0 Å². The maximum atomic E-state index is 12.5. The lowest BCUT2D eigenvalue weighted by atomic mass is 10.1. The Morgan fingerprint density at radius 2 is 1.71 bits per heavy atom. The molecule has 28 heavy (non-hydrogen) atoms. The van der Waals surface area contributed by atoms with E-state index in [1.54, 1.807) is 42.6 Å². The SMILES string of the molecule is CCOc1ncccc1C(=O)Nc1ccc(NC(=O)CN2CCCCC2)cc1. The van der Waals surface area contributed by atoms with Crippen molar-refractivity contribution in [2.75, 3.05) is 36.9 Å². The van der Waals surface area contributed by atoms with Crippen LogP contribution in [0.3, 0.4) is 0 Å². The summed E-state index contributed by atoms with van der Waals surface area (Å²) in [6.45, 7) is 4.66. The fourth-order valence-corrected chi connectivity index (χ4v) is 3.17. The smallest absolute Gasteiger partial charge is 0.261 e. The van der Waals surface area contributed by atoms with E-state index in [0.717, 1.165) is 25.9 Å². The highest BCUT2D eigenvalue weighted by Crippen LogP contribution is 2.19. The first-order chi connectivity index (χ1) is 13.7. The van der Waals surface area contributed by atoms with Crippen molar-refractivity contribution < 1.29 is 14.3 Å². The van der Waals surface area contributed by atoms with Crippen LogP contribution in [0.2, 0.25) is 0 Å². The second-order valence-corrected chi connectivity index (χ2v) is 6.71. The van der Waals surface area contributed by atoms with Gasteiger partial charge < -0.3 is 15.4 Å². The van der Waals surface area contributed by atoms with Crippen LogP contribution < -0.4 is 15.4 Å². The Kier molecular flexibility index (Phi) is 6.97. The zero-order valence-corrected chi connectivity index (χ0v) is 16.1. The number of nitrogens with zero attached hydrogens (tertiary/aromatic N) is 2. The van der Waals surface area contributed by atoms with E-state index in [2.05, 4.69) is 20.5 Å².